The normalized spacial score (nSPS) is 17.3. The summed E-state index contributed by atoms with van der Waals surface area (Å²) in [5.74, 6) is 0.397. The summed E-state index contributed by atoms with van der Waals surface area (Å²) in [5.41, 5.74) is -0.744. The predicted molar refractivity (Wildman–Crippen MR) is 88.4 cm³/mol. The van der Waals surface area contributed by atoms with Gasteiger partial charge in [0.05, 0.1) is 10.1 Å². The van der Waals surface area contributed by atoms with Gasteiger partial charge in [-0.15, -0.1) is 0 Å². The van der Waals surface area contributed by atoms with Crippen molar-refractivity contribution in [2.75, 3.05) is 13.2 Å². The van der Waals surface area contributed by atoms with Crippen molar-refractivity contribution in [2.24, 2.45) is 0 Å². The zero-order valence-electron chi connectivity index (χ0n) is 11.7. The van der Waals surface area contributed by atoms with Gasteiger partial charge in [0.25, 0.3) is 5.91 Å². The Labute approximate surface area is 141 Å². The molecule has 2 rings (SSSR count). The van der Waals surface area contributed by atoms with E-state index in [0.717, 1.165) is 41.0 Å². The van der Waals surface area contributed by atoms with Crippen molar-refractivity contribution in [3.05, 3.63) is 27.1 Å². The molecule has 1 amide bonds. The molecular weight excluding hydrogens is 402 g/mol. The minimum atomic E-state index is -0.744. The van der Waals surface area contributed by atoms with Crippen LogP contribution < -0.4 is 10.1 Å². The van der Waals surface area contributed by atoms with E-state index in [1.54, 1.807) is 6.07 Å². The number of ether oxygens (including phenoxy) is 1. The molecule has 0 aromatic heterocycles. The van der Waals surface area contributed by atoms with E-state index in [0.29, 0.717) is 12.3 Å². The minimum absolute atomic E-state index is 0.0592. The van der Waals surface area contributed by atoms with Crippen molar-refractivity contribution in [1.29, 1.82) is 0 Å². The summed E-state index contributed by atoms with van der Waals surface area (Å²) in [6, 6.07) is 5.50. The van der Waals surface area contributed by atoms with Crippen molar-refractivity contribution in [3.63, 3.8) is 0 Å². The SMILES string of the molecule is O=C(COc1ccc(Br)cc1Br)NCC1(O)CCCCC1. The van der Waals surface area contributed by atoms with Gasteiger partial charge in [0.2, 0.25) is 0 Å². The van der Waals surface area contributed by atoms with Crippen molar-refractivity contribution >= 4 is 37.8 Å². The minimum Gasteiger partial charge on any atom is -0.483 e. The fourth-order valence-electron chi connectivity index (χ4n) is 2.44. The van der Waals surface area contributed by atoms with Gasteiger partial charge in [0, 0.05) is 11.0 Å². The number of halogens is 2. The van der Waals surface area contributed by atoms with Gasteiger partial charge >= 0.3 is 0 Å². The molecule has 1 aromatic carbocycles. The average Bonchev–Trinajstić information content (AvgIpc) is 2.45. The quantitative estimate of drug-likeness (QED) is 0.767. The summed E-state index contributed by atoms with van der Waals surface area (Å²) in [7, 11) is 0. The van der Waals surface area contributed by atoms with Gasteiger partial charge in [-0.3, -0.25) is 4.79 Å². The molecule has 0 heterocycles. The highest BCUT2D eigenvalue weighted by molar-refractivity contribution is 9.11. The number of carbonyl (C=O) groups excluding carboxylic acids is 1. The fraction of sp³-hybridized carbons (Fsp3) is 0.533. The fourth-order valence-corrected chi connectivity index (χ4v) is 3.60. The lowest BCUT2D eigenvalue weighted by molar-refractivity contribution is -0.124. The number of carbonyl (C=O) groups is 1. The van der Waals surface area contributed by atoms with Gasteiger partial charge < -0.3 is 15.2 Å². The molecule has 0 bridgehead atoms. The summed E-state index contributed by atoms with van der Waals surface area (Å²) in [6.45, 7) is 0.243. The second kappa shape index (κ2) is 7.61. The van der Waals surface area contributed by atoms with Gasteiger partial charge in [-0.25, -0.2) is 0 Å². The Balaban J connectivity index is 1.77. The Bertz CT molecular complexity index is 502. The maximum absolute atomic E-state index is 11.8. The zero-order chi connectivity index (χ0) is 15.3. The van der Waals surface area contributed by atoms with Crippen LogP contribution in [0.4, 0.5) is 0 Å². The van der Waals surface area contributed by atoms with Gasteiger partial charge in [-0.1, -0.05) is 35.2 Å². The van der Waals surface area contributed by atoms with E-state index < -0.39 is 5.60 Å². The first-order valence-corrected chi connectivity index (χ1v) is 8.64. The van der Waals surface area contributed by atoms with Crippen LogP contribution in [-0.2, 0) is 4.79 Å². The third-order valence-corrected chi connectivity index (χ3v) is 4.76. The Kier molecular flexibility index (Phi) is 6.08. The van der Waals surface area contributed by atoms with E-state index in [-0.39, 0.29) is 12.5 Å². The molecule has 6 heteroatoms. The largest absolute Gasteiger partial charge is 0.483 e. The van der Waals surface area contributed by atoms with Crippen LogP contribution in [-0.4, -0.2) is 29.8 Å². The molecule has 1 aliphatic rings. The zero-order valence-corrected chi connectivity index (χ0v) is 14.9. The molecule has 21 heavy (non-hydrogen) atoms. The van der Waals surface area contributed by atoms with Gasteiger partial charge in [-0.2, -0.15) is 0 Å². The maximum Gasteiger partial charge on any atom is 0.258 e. The number of amides is 1. The monoisotopic (exact) mass is 419 g/mol. The summed E-state index contributed by atoms with van der Waals surface area (Å²) in [6.07, 6.45) is 4.72. The molecule has 1 aliphatic carbocycles. The van der Waals surface area contributed by atoms with Crippen LogP contribution in [0, 0.1) is 0 Å². The molecule has 1 fully saturated rings. The van der Waals surface area contributed by atoms with Crippen LogP contribution in [0.5, 0.6) is 5.75 Å². The molecule has 2 N–H and O–H groups in total. The summed E-state index contributed by atoms with van der Waals surface area (Å²) in [4.78, 5) is 11.8. The lowest BCUT2D eigenvalue weighted by Gasteiger charge is -2.32. The Hall–Kier alpha value is -0.590. The summed E-state index contributed by atoms with van der Waals surface area (Å²) < 4.78 is 7.19. The van der Waals surface area contributed by atoms with Crippen LogP contribution in [0.3, 0.4) is 0 Å². The van der Waals surface area contributed by atoms with Crippen LogP contribution >= 0.6 is 31.9 Å². The molecule has 0 radical (unpaired) electrons. The highest BCUT2D eigenvalue weighted by atomic mass is 79.9. The van der Waals surface area contributed by atoms with Crippen LogP contribution in [0.1, 0.15) is 32.1 Å². The first kappa shape index (κ1) is 16.8. The van der Waals surface area contributed by atoms with Gasteiger partial charge in [0.15, 0.2) is 6.61 Å². The topological polar surface area (TPSA) is 58.6 Å². The highest BCUT2D eigenvalue weighted by Crippen LogP contribution is 2.28. The van der Waals surface area contributed by atoms with Crippen molar-refractivity contribution in [3.8, 4) is 5.75 Å². The second-order valence-corrected chi connectivity index (χ2v) is 7.20. The summed E-state index contributed by atoms with van der Waals surface area (Å²) in [5, 5.41) is 13.1. The predicted octanol–water partition coefficient (Wildman–Crippen LogP) is 3.40. The molecular formula is C15H19Br2NO3. The molecule has 116 valence electrons. The van der Waals surface area contributed by atoms with E-state index in [2.05, 4.69) is 37.2 Å². The van der Waals surface area contributed by atoms with Crippen LogP contribution in [0.15, 0.2) is 27.1 Å². The molecule has 1 saturated carbocycles. The molecule has 0 spiro atoms. The standard InChI is InChI=1S/C15H19Br2NO3/c16-11-4-5-13(12(17)8-11)21-9-14(19)18-10-15(20)6-2-1-3-7-15/h4-5,8,20H,1-3,6-7,9-10H2,(H,18,19). The van der Waals surface area contributed by atoms with Crippen LogP contribution in [0.2, 0.25) is 0 Å². The highest BCUT2D eigenvalue weighted by Gasteiger charge is 2.29. The molecule has 4 nitrogen and oxygen atoms in total. The van der Waals surface area contributed by atoms with Crippen molar-refractivity contribution < 1.29 is 14.6 Å². The first-order chi connectivity index (χ1) is 9.98. The summed E-state index contributed by atoms with van der Waals surface area (Å²) >= 11 is 6.74. The average molecular weight is 421 g/mol. The number of hydrogen-bond acceptors (Lipinski definition) is 3. The van der Waals surface area contributed by atoms with E-state index in [1.807, 2.05) is 12.1 Å². The molecule has 1 aromatic rings. The van der Waals surface area contributed by atoms with E-state index >= 15 is 0 Å². The smallest absolute Gasteiger partial charge is 0.258 e. The van der Waals surface area contributed by atoms with Crippen LogP contribution in [0.25, 0.3) is 0 Å². The second-order valence-electron chi connectivity index (χ2n) is 5.43. The van der Waals surface area contributed by atoms with E-state index in [9.17, 15) is 9.90 Å². The molecule has 0 atom stereocenters. The maximum atomic E-state index is 11.8. The lowest BCUT2D eigenvalue weighted by atomic mass is 9.85. The number of benzene rings is 1. The number of hydrogen-bond donors (Lipinski definition) is 2. The Morgan fingerprint density at radius 2 is 2.00 bits per heavy atom. The van der Waals surface area contributed by atoms with E-state index in [4.69, 9.17) is 4.74 Å². The molecule has 0 aliphatic heterocycles. The lowest BCUT2D eigenvalue weighted by Crippen LogP contribution is -2.45. The number of rotatable bonds is 5. The van der Waals surface area contributed by atoms with E-state index in [1.165, 1.54) is 0 Å². The van der Waals surface area contributed by atoms with Crippen molar-refractivity contribution in [1.82, 2.24) is 5.32 Å². The van der Waals surface area contributed by atoms with Gasteiger partial charge in [-0.05, 0) is 47.0 Å². The van der Waals surface area contributed by atoms with Crippen molar-refractivity contribution in [2.45, 2.75) is 37.7 Å². The Morgan fingerprint density at radius 3 is 2.67 bits per heavy atom. The molecule has 0 unspecified atom stereocenters. The number of aliphatic hydroxyl groups is 1. The first-order valence-electron chi connectivity index (χ1n) is 7.05. The van der Waals surface area contributed by atoms with Gasteiger partial charge in [0.1, 0.15) is 5.75 Å². The third-order valence-electron chi connectivity index (χ3n) is 3.65. The molecule has 0 saturated heterocycles. The Morgan fingerprint density at radius 1 is 1.29 bits per heavy atom. The third kappa shape index (κ3) is 5.27. The number of nitrogens with one attached hydrogen (secondary N) is 1.